The van der Waals surface area contributed by atoms with Gasteiger partial charge >= 0.3 is 12.3 Å². The summed E-state index contributed by atoms with van der Waals surface area (Å²) < 4.78 is 60.9. The summed E-state index contributed by atoms with van der Waals surface area (Å²) in [5.41, 5.74) is -0.363. The first-order chi connectivity index (χ1) is 15.3. The van der Waals surface area contributed by atoms with E-state index < -0.39 is 45.7 Å². The predicted molar refractivity (Wildman–Crippen MR) is 114 cm³/mol. The number of rotatable bonds is 5. The van der Waals surface area contributed by atoms with Crippen molar-refractivity contribution in [3.63, 3.8) is 0 Å². The van der Waals surface area contributed by atoms with Gasteiger partial charge in [-0.1, -0.05) is 34.8 Å². The Bertz CT molecular complexity index is 1240. The molecule has 0 fully saturated rings. The van der Waals surface area contributed by atoms with Crippen molar-refractivity contribution in [1.29, 1.82) is 0 Å². The van der Waals surface area contributed by atoms with Gasteiger partial charge in [0, 0.05) is 11.9 Å². The largest absolute Gasteiger partial charge is 0.511 e. The normalized spacial score (nSPS) is 12.6. The Morgan fingerprint density at radius 1 is 1.09 bits per heavy atom. The summed E-state index contributed by atoms with van der Waals surface area (Å²) in [6.45, 7) is 1.82. The van der Waals surface area contributed by atoms with Gasteiger partial charge in [-0.25, -0.2) is 9.18 Å². The number of nitrogens with one attached hydrogen (secondary N) is 1. The topological polar surface area (TPSA) is 80.6 Å². The van der Waals surface area contributed by atoms with Crippen molar-refractivity contribution >= 4 is 57.8 Å². The SMILES string of the molecule is CCn1c(C(=O)NC(c2cc(Cl)c(F)c(Cl)c2)C(F)(F)F)cc2cc(OC(=O)O)c(Cl)cc21. The smallest absolute Gasteiger partial charge is 0.449 e. The fourth-order valence-corrected chi connectivity index (χ4v) is 3.97. The van der Waals surface area contributed by atoms with Gasteiger partial charge in [0.1, 0.15) is 5.69 Å². The fraction of sp³-hybridized carbons (Fsp3) is 0.200. The maximum atomic E-state index is 13.8. The fourth-order valence-electron chi connectivity index (χ4n) is 3.27. The Morgan fingerprint density at radius 3 is 2.21 bits per heavy atom. The number of aromatic nitrogens is 1. The zero-order valence-electron chi connectivity index (χ0n) is 16.4. The molecular weight excluding hydrogens is 515 g/mol. The van der Waals surface area contributed by atoms with Gasteiger partial charge in [0.05, 0.1) is 20.6 Å². The minimum absolute atomic E-state index is 0.0755. The van der Waals surface area contributed by atoms with Gasteiger partial charge in [-0.3, -0.25) is 4.79 Å². The average Bonchev–Trinajstić information content (AvgIpc) is 3.06. The summed E-state index contributed by atoms with van der Waals surface area (Å²) in [6, 6.07) is 2.75. The van der Waals surface area contributed by atoms with Crippen LogP contribution in [-0.4, -0.2) is 27.9 Å². The first-order valence-corrected chi connectivity index (χ1v) is 10.2. The molecule has 3 rings (SSSR count). The number of hydrogen-bond donors (Lipinski definition) is 2. The van der Waals surface area contributed by atoms with Gasteiger partial charge in [-0.15, -0.1) is 0 Å². The van der Waals surface area contributed by atoms with Crippen molar-refractivity contribution in [2.75, 3.05) is 0 Å². The van der Waals surface area contributed by atoms with E-state index in [1.165, 1.54) is 22.8 Å². The first kappa shape index (κ1) is 24.9. The molecule has 0 saturated carbocycles. The molecule has 2 aromatic carbocycles. The number of carboxylic acid groups (broad SMARTS) is 1. The van der Waals surface area contributed by atoms with E-state index in [2.05, 4.69) is 4.74 Å². The highest BCUT2D eigenvalue weighted by atomic mass is 35.5. The summed E-state index contributed by atoms with van der Waals surface area (Å²) in [4.78, 5) is 23.7. The Balaban J connectivity index is 2.05. The van der Waals surface area contributed by atoms with Crippen molar-refractivity contribution < 1.29 is 37.0 Å². The number of carbonyl (C=O) groups is 2. The molecule has 1 heterocycles. The molecule has 0 aliphatic carbocycles. The third-order valence-electron chi connectivity index (χ3n) is 4.64. The average molecular weight is 528 g/mol. The third kappa shape index (κ3) is 5.13. The Morgan fingerprint density at radius 2 is 1.70 bits per heavy atom. The van der Waals surface area contributed by atoms with Crippen LogP contribution < -0.4 is 10.1 Å². The van der Waals surface area contributed by atoms with E-state index in [0.717, 1.165) is 12.1 Å². The van der Waals surface area contributed by atoms with E-state index in [0.29, 0.717) is 10.9 Å². The van der Waals surface area contributed by atoms with Crippen LogP contribution in [0.3, 0.4) is 0 Å². The molecule has 1 aromatic heterocycles. The Kier molecular flexibility index (Phi) is 7.01. The lowest BCUT2D eigenvalue weighted by Gasteiger charge is -2.23. The van der Waals surface area contributed by atoms with E-state index in [1.54, 1.807) is 6.92 Å². The van der Waals surface area contributed by atoms with Crippen LogP contribution in [0, 0.1) is 5.82 Å². The summed E-state index contributed by atoms with van der Waals surface area (Å²) in [5, 5.41) is 9.64. The van der Waals surface area contributed by atoms with Crippen LogP contribution >= 0.6 is 34.8 Å². The lowest BCUT2D eigenvalue weighted by molar-refractivity contribution is -0.155. The molecule has 176 valence electrons. The minimum Gasteiger partial charge on any atom is -0.449 e. The van der Waals surface area contributed by atoms with Crippen LogP contribution in [0.5, 0.6) is 5.75 Å². The number of hydrogen-bond acceptors (Lipinski definition) is 3. The first-order valence-electron chi connectivity index (χ1n) is 9.09. The number of nitrogens with zero attached hydrogens (tertiary/aromatic N) is 1. The molecular formula is C20H13Cl3F4N2O4. The van der Waals surface area contributed by atoms with Gasteiger partial charge < -0.3 is 19.7 Å². The van der Waals surface area contributed by atoms with Gasteiger partial charge in [0.15, 0.2) is 17.6 Å². The van der Waals surface area contributed by atoms with Crippen molar-refractivity contribution in [3.8, 4) is 5.75 Å². The number of alkyl halides is 3. The van der Waals surface area contributed by atoms with Crippen LogP contribution in [0.1, 0.15) is 29.0 Å². The molecule has 0 spiro atoms. The second-order valence-corrected chi connectivity index (χ2v) is 7.95. The molecule has 33 heavy (non-hydrogen) atoms. The number of benzene rings is 2. The Hall–Kier alpha value is -2.69. The van der Waals surface area contributed by atoms with E-state index >= 15 is 0 Å². The molecule has 1 unspecified atom stereocenters. The number of amides is 1. The summed E-state index contributed by atoms with van der Waals surface area (Å²) >= 11 is 17.3. The monoisotopic (exact) mass is 526 g/mol. The number of halogens is 7. The van der Waals surface area contributed by atoms with Crippen molar-refractivity contribution in [2.45, 2.75) is 25.7 Å². The molecule has 2 N–H and O–H groups in total. The number of fused-ring (bicyclic) bond motifs is 1. The summed E-state index contributed by atoms with van der Waals surface area (Å²) in [7, 11) is 0. The molecule has 6 nitrogen and oxygen atoms in total. The molecule has 0 aliphatic rings. The molecule has 0 aliphatic heterocycles. The van der Waals surface area contributed by atoms with Crippen LogP contribution in [0.4, 0.5) is 22.4 Å². The van der Waals surface area contributed by atoms with Crippen LogP contribution in [-0.2, 0) is 6.54 Å². The van der Waals surface area contributed by atoms with Gasteiger partial charge in [-0.2, -0.15) is 13.2 Å². The standard InChI is InChI=1S/C20H13Cl3F4N2O4/c1-2-29-13-7-10(21)15(33-19(31)32)6-8(13)5-14(29)18(30)28-17(20(25,26)27)9-3-11(22)16(24)12(23)4-9/h3-7,17H,2H2,1H3,(H,28,30)(H,31,32). The minimum atomic E-state index is -4.96. The number of ether oxygens (including phenoxy) is 1. The zero-order chi connectivity index (χ0) is 24.7. The molecule has 0 saturated heterocycles. The van der Waals surface area contributed by atoms with E-state index in [4.69, 9.17) is 39.9 Å². The summed E-state index contributed by atoms with van der Waals surface area (Å²) in [6.07, 6.45) is -6.58. The highest BCUT2D eigenvalue weighted by molar-refractivity contribution is 6.35. The molecule has 13 heteroatoms. The zero-order valence-corrected chi connectivity index (χ0v) is 18.7. The van der Waals surface area contributed by atoms with Crippen LogP contribution in [0.2, 0.25) is 15.1 Å². The van der Waals surface area contributed by atoms with Crippen molar-refractivity contribution in [3.05, 3.63) is 62.5 Å². The molecule has 0 bridgehead atoms. The maximum Gasteiger partial charge on any atom is 0.511 e. The third-order valence-corrected chi connectivity index (χ3v) is 5.49. The highest BCUT2D eigenvalue weighted by Gasteiger charge is 2.43. The second kappa shape index (κ2) is 9.28. The Labute approximate surface area is 198 Å². The number of aryl methyl sites for hydroxylation is 1. The van der Waals surface area contributed by atoms with Gasteiger partial charge in [0.2, 0.25) is 0 Å². The summed E-state index contributed by atoms with van der Waals surface area (Å²) in [5.74, 6) is -2.40. The van der Waals surface area contributed by atoms with Gasteiger partial charge in [-0.05, 0) is 42.8 Å². The van der Waals surface area contributed by atoms with Crippen LogP contribution in [0.15, 0.2) is 30.3 Å². The molecule has 3 aromatic rings. The lowest BCUT2D eigenvalue weighted by atomic mass is 10.1. The number of carbonyl (C=O) groups excluding carboxylic acids is 1. The second-order valence-electron chi connectivity index (χ2n) is 6.73. The molecule has 0 radical (unpaired) electrons. The predicted octanol–water partition coefficient (Wildman–Crippen LogP) is 6.85. The quantitative estimate of drug-likeness (QED) is 0.165. The van der Waals surface area contributed by atoms with Crippen LogP contribution in [0.25, 0.3) is 10.9 Å². The van der Waals surface area contributed by atoms with Gasteiger partial charge in [0.25, 0.3) is 5.91 Å². The van der Waals surface area contributed by atoms with E-state index in [9.17, 15) is 27.2 Å². The molecule has 1 atom stereocenters. The van der Waals surface area contributed by atoms with E-state index in [-0.39, 0.29) is 23.0 Å². The highest BCUT2D eigenvalue weighted by Crippen LogP contribution is 2.37. The van der Waals surface area contributed by atoms with E-state index in [1.807, 2.05) is 5.32 Å². The van der Waals surface area contributed by atoms with Crippen molar-refractivity contribution in [1.82, 2.24) is 9.88 Å². The molecule has 1 amide bonds. The van der Waals surface area contributed by atoms with Crippen molar-refractivity contribution in [2.24, 2.45) is 0 Å². The maximum absolute atomic E-state index is 13.8. The lowest BCUT2D eigenvalue weighted by Crippen LogP contribution is -2.39.